The molecule has 3 aromatic carbocycles. The van der Waals surface area contributed by atoms with Crippen molar-refractivity contribution in [1.82, 2.24) is 4.98 Å². The summed E-state index contributed by atoms with van der Waals surface area (Å²) in [4.78, 5) is 4.93. The summed E-state index contributed by atoms with van der Waals surface area (Å²) in [6, 6.07) is 21.0. The molecule has 4 aromatic rings. The maximum atomic E-state index is 6.67. The van der Waals surface area contributed by atoms with Crippen molar-refractivity contribution in [2.75, 3.05) is 0 Å². The van der Waals surface area contributed by atoms with Gasteiger partial charge in [-0.25, -0.2) is 0 Å². The first-order chi connectivity index (χ1) is 17.4. The molecule has 0 atom stereocenters. The number of fused-ring (bicyclic) bond motifs is 3. The minimum atomic E-state index is -1.85. The lowest BCUT2D eigenvalue weighted by molar-refractivity contribution is 0.568. The van der Waals surface area contributed by atoms with Crippen LogP contribution in [0.4, 0.5) is 0 Å². The topological polar surface area (TPSA) is 22.1 Å². The molecule has 2 heterocycles. The second-order valence-electron chi connectivity index (χ2n) is 13.1. The number of aryl methyl sites for hydroxylation is 1. The molecule has 1 aromatic heterocycles. The van der Waals surface area contributed by atoms with Gasteiger partial charge in [0.05, 0.1) is 5.69 Å². The Bertz CT molecular complexity index is 1540. The molecule has 0 radical (unpaired) electrons. The summed E-state index contributed by atoms with van der Waals surface area (Å²) in [7, 11) is -3.63. The number of nitrogens with zero attached hydrogens (tertiary/aromatic N) is 1. The van der Waals surface area contributed by atoms with Crippen LogP contribution in [-0.2, 0) is 22.4 Å². The minimum absolute atomic E-state index is 0.126. The van der Waals surface area contributed by atoms with Crippen LogP contribution in [0.15, 0.2) is 60.8 Å². The maximum absolute atomic E-state index is 6.67. The van der Waals surface area contributed by atoms with Gasteiger partial charge in [-0.1, -0.05) is 51.1 Å². The first kappa shape index (κ1) is 24.8. The average molecular weight is 522 g/mol. The Morgan fingerprint density at radius 3 is 2.22 bits per heavy atom. The van der Waals surface area contributed by atoms with Crippen molar-refractivity contribution in [2.24, 2.45) is 0 Å². The Kier molecular flexibility index (Phi) is 5.68. The van der Waals surface area contributed by atoms with E-state index in [-0.39, 0.29) is 5.41 Å². The van der Waals surface area contributed by atoms with Crippen molar-refractivity contribution in [3.63, 3.8) is 0 Å². The maximum Gasteiger partial charge on any atom is 0.206 e. The molecule has 0 bridgehead atoms. The Balaban J connectivity index is 1.46. The summed E-state index contributed by atoms with van der Waals surface area (Å²) >= 11 is 0. The van der Waals surface area contributed by atoms with Crippen LogP contribution in [0, 0.1) is 0 Å². The highest BCUT2D eigenvalue weighted by molar-refractivity contribution is 7.05. The zero-order chi connectivity index (χ0) is 26.2. The first-order valence-corrected chi connectivity index (χ1v) is 19.7. The van der Waals surface area contributed by atoms with Gasteiger partial charge in [-0.2, -0.15) is 0 Å². The van der Waals surface area contributed by atoms with Gasteiger partial charge in [0.15, 0.2) is 0 Å². The third-order valence-corrected chi connectivity index (χ3v) is 16.2. The third-order valence-electron chi connectivity index (χ3n) is 8.47. The van der Waals surface area contributed by atoms with Crippen molar-refractivity contribution >= 4 is 37.8 Å². The number of rotatable bonds is 2. The van der Waals surface area contributed by atoms with E-state index in [1.54, 1.807) is 5.56 Å². The average Bonchev–Trinajstić information content (AvgIpc) is 3.04. The molecule has 0 N–H and O–H groups in total. The van der Waals surface area contributed by atoms with Crippen LogP contribution < -0.4 is 10.4 Å². The molecular formula is C33H39NOSi2. The number of hydrogen-bond donors (Lipinski definition) is 0. The predicted octanol–water partition coefficient (Wildman–Crippen LogP) is 7.60. The zero-order valence-electron chi connectivity index (χ0n) is 23.5. The normalized spacial score (nSPS) is 18.0. The molecule has 0 spiro atoms. The number of benzene rings is 3. The van der Waals surface area contributed by atoms with Crippen LogP contribution in [0.1, 0.15) is 50.3 Å². The summed E-state index contributed by atoms with van der Waals surface area (Å²) in [5, 5.41) is 5.46. The Labute approximate surface area is 224 Å². The summed E-state index contributed by atoms with van der Waals surface area (Å²) in [6.45, 7) is 16.4. The quantitative estimate of drug-likeness (QED) is 0.253. The highest BCUT2D eigenvalue weighted by atomic mass is 28.4. The molecule has 0 unspecified atom stereocenters. The molecule has 4 heteroatoms. The molecule has 0 fully saturated rings. The Hall–Kier alpha value is -2.54. The number of aromatic nitrogens is 1. The Morgan fingerprint density at radius 2 is 1.43 bits per heavy atom. The molecule has 1 aliphatic carbocycles. The van der Waals surface area contributed by atoms with Gasteiger partial charge in [0.2, 0.25) is 16.6 Å². The van der Waals surface area contributed by atoms with Crippen molar-refractivity contribution in [2.45, 2.75) is 78.1 Å². The van der Waals surface area contributed by atoms with Crippen molar-refractivity contribution in [1.29, 1.82) is 0 Å². The second-order valence-corrected chi connectivity index (χ2v) is 21.0. The van der Waals surface area contributed by atoms with Crippen LogP contribution >= 0.6 is 0 Å². The van der Waals surface area contributed by atoms with E-state index >= 15 is 0 Å². The van der Waals surface area contributed by atoms with E-state index in [4.69, 9.17) is 9.10 Å². The van der Waals surface area contributed by atoms with Gasteiger partial charge in [0, 0.05) is 17.1 Å². The molecule has 2 nitrogen and oxygen atoms in total. The second kappa shape index (κ2) is 8.49. The lowest BCUT2D eigenvalue weighted by Crippen LogP contribution is -2.43. The van der Waals surface area contributed by atoms with E-state index in [0.29, 0.717) is 0 Å². The van der Waals surface area contributed by atoms with E-state index in [0.717, 1.165) is 5.69 Å². The lowest BCUT2D eigenvalue weighted by atomic mass is 9.76. The number of hydrogen-bond acceptors (Lipinski definition) is 2. The molecule has 2 aliphatic rings. The van der Waals surface area contributed by atoms with Crippen molar-refractivity contribution < 1.29 is 4.12 Å². The van der Waals surface area contributed by atoms with Gasteiger partial charge in [-0.3, -0.25) is 4.98 Å². The lowest BCUT2D eigenvalue weighted by Gasteiger charge is -2.28. The summed E-state index contributed by atoms with van der Waals surface area (Å²) in [6.07, 6.45) is 6.97. The van der Waals surface area contributed by atoms with Gasteiger partial charge in [0.1, 0.15) is 0 Å². The van der Waals surface area contributed by atoms with Gasteiger partial charge in [-0.15, -0.1) is 0 Å². The van der Waals surface area contributed by atoms with Gasteiger partial charge in [-0.05, 0) is 125 Å². The summed E-state index contributed by atoms with van der Waals surface area (Å²) in [5.74, 6) is 0. The molecule has 0 saturated carbocycles. The van der Waals surface area contributed by atoms with Crippen LogP contribution in [0.2, 0.25) is 26.2 Å². The Morgan fingerprint density at radius 1 is 0.730 bits per heavy atom. The molecular weight excluding hydrogens is 483 g/mol. The van der Waals surface area contributed by atoms with Crippen molar-refractivity contribution in [3.8, 4) is 22.4 Å². The minimum Gasteiger partial charge on any atom is -0.449 e. The standard InChI is InChI=1S/C33H39NOSi2/c1-33(2,3)29-20-26(19-24-10-8-9-11-27(24)29)32-28-14-12-22(18-25(28)16-17-34-32)23-13-15-30-31(21-23)37(6,7)35-36(30,4)5/h12-21H,8-11H2,1-7H3. The zero-order valence-corrected chi connectivity index (χ0v) is 25.5. The molecule has 37 heavy (non-hydrogen) atoms. The van der Waals surface area contributed by atoms with Crippen LogP contribution in [-0.4, -0.2) is 21.6 Å². The van der Waals surface area contributed by atoms with E-state index in [1.165, 1.54) is 74.6 Å². The van der Waals surface area contributed by atoms with E-state index in [1.807, 2.05) is 6.20 Å². The summed E-state index contributed by atoms with van der Waals surface area (Å²) < 4.78 is 6.67. The van der Waals surface area contributed by atoms with Crippen molar-refractivity contribution in [3.05, 3.63) is 77.5 Å². The van der Waals surface area contributed by atoms with Gasteiger partial charge in [0.25, 0.3) is 0 Å². The fourth-order valence-corrected chi connectivity index (χ4v) is 17.0. The van der Waals surface area contributed by atoms with Crippen LogP contribution in [0.3, 0.4) is 0 Å². The molecule has 6 rings (SSSR count). The van der Waals surface area contributed by atoms with Crippen LogP contribution in [0.5, 0.6) is 0 Å². The first-order valence-electron chi connectivity index (χ1n) is 13.8. The molecule has 190 valence electrons. The van der Waals surface area contributed by atoms with Gasteiger partial charge < -0.3 is 4.12 Å². The highest BCUT2D eigenvalue weighted by Gasteiger charge is 2.46. The van der Waals surface area contributed by atoms with Crippen LogP contribution in [0.25, 0.3) is 33.2 Å². The van der Waals surface area contributed by atoms with E-state index in [2.05, 4.69) is 102 Å². The molecule has 0 amide bonds. The smallest absolute Gasteiger partial charge is 0.206 e. The van der Waals surface area contributed by atoms with E-state index in [9.17, 15) is 0 Å². The monoisotopic (exact) mass is 521 g/mol. The largest absolute Gasteiger partial charge is 0.449 e. The third kappa shape index (κ3) is 4.23. The SMILES string of the molecule is CC(C)(C)c1cc(-c2nccc3cc(-c4ccc5c(c4)[Si](C)(C)O[Si]5(C)C)ccc23)cc2c1CCCC2. The molecule has 0 saturated heterocycles. The fourth-order valence-electron chi connectivity index (χ4n) is 6.76. The van der Waals surface area contributed by atoms with E-state index < -0.39 is 16.6 Å². The predicted molar refractivity (Wildman–Crippen MR) is 163 cm³/mol. The highest BCUT2D eigenvalue weighted by Crippen LogP contribution is 2.38. The molecule has 1 aliphatic heterocycles. The fraction of sp³-hybridized carbons (Fsp3) is 0.364. The van der Waals surface area contributed by atoms with Gasteiger partial charge >= 0.3 is 0 Å². The number of pyridine rings is 1. The summed E-state index contributed by atoms with van der Waals surface area (Å²) in [5.41, 5.74) is 9.66.